The maximum atomic E-state index is 3.83. The van der Waals surface area contributed by atoms with Gasteiger partial charge in [0.05, 0.1) is 0 Å². The highest BCUT2D eigenvalue weighted by Gasteiger charge is 2.20. The van der Waals surface area contributed by atoms with Gasteiger partial charge in [0.1, 0.15) is 0 Å². The number of hydrogen-bond donors (Lipinski definition) is 1. The lowest BCUT2D eigenvalue weighted by Gasteiger charge is -2.28. The van der Waals surface area contributed by atoms with E-state index in [9.17, 15) is 0 Å². The van der Waals surface area contributed by atoms with Gasteiger partial charge in [-0.1, -0.05) is 60.7 Å². The van der Waals surface area contributed by atoms with Gasteiger partial charge in [0.15, 0.2) is 0 Å². The van der Waals surface area contributed by atoms with Gasteiger partial charge in [-0.25, -0.2) is 0 Å². The molecule has 0 spiro atoms. The molecule has 2 nitrogen and oxygen atoms in total. The van der Waals surface area contributed by atoms with Gasteiger partial charge in [0.2, 0.25) is 0 Å². The molecule has 2 heteroatoms. The summed E-state index contributed by atoms with van der Waals surface area (Å²) in [5.74, 6) is 0. The van der Waals surface area contributed by atoms with Crippen LogP contribution in [0.5, 0.6) is 0 Å². The molecule has 1 fully saturated rings. The molecular formula is C20H26N2. The fourth-order valence-corrected chi connectivity index (χ4v) is 3.30. The molecule has 0 unspecified atom stereocenters. The van der Waals surface area contributed by atoms with Crippen molar-refractivity contribution in [2.24, 2.45) is 0 Å². The van der Waals surface area contributed by atoms with Crippen LogP contribution in [0.3, 0.4) is 0 Å². The minimum Gasteiger partial charge on any atom is -0.302 e. The van der Waals surface area contributed by atoms with Gasteiger partial charge in [-0.2, -0.15) is 0 Å². The summed E-state index contributed by atoms with van der Waals surface area (Å²) >= 11 is 0. The Morgan fingerprint density at radius 1 is 0.864 bits per heavy atom. The lowest BCUT2D eigenvalue weighted by molar-refractivity contribution is 0.282. The molecular weight excluding hydrogens is 268 g/mol. The number of rotatable bonds is 6. The van der Waals surface area contributed by atoms with Crippen LogP contribution < -0.4 is 5.32 Å². The van der Waals surface area contributed by atoms with E-state index >= 15 is 0 Å². The Morgan fingerprint density at radius 3 is 2.00 bits per heavy atom. The third-order valence-electron chi connectivity index (χ3n) is 4.59. The number of nitrogens with zero attached hydrogens (tertiary/aromatic N) is 1. The molecule has 0 aromatic heterocycles. The van der Waals surface area contributed by atoms with Crippen LogP contribution in [0.25, 0.3) is 0 Å². The molecule has 1 aliphatic heterocycles. The molecule has 22 heavy (non-hydrogen) atoms. The first-order valence-corrected chi connectivity index (χ1v) is 8.41. The molecule has 116 valence electrons. The summed E-state index contributed by atoms with van der Waals surface area (Å²) in [6, 6.07) is 22.3. The fraction of sp³-hybridized carbons (Fsp3) is 0.400. The molecule has 3 rings (SSSR count). The van der Waals surface area contributed by atoms with E-state index < -0.39 is 0 Å². The largest absolute Gasteiger partial charge is 0.302 e. The maximum Gasteiger partial charge on any atom is 0.0453 e. The molecule has 1 saturated heterocycles. The Bertz CT molecular complexity index is 546. The predicted octanol–water partition coefficient (Wildman–Crippen LogP) is 4.17. The van der Waals surface area contributed by atoms with Crippen molar-refractivity contribution in [1.29, 1.82) is 0 Å². The highest BCUT2D eigenvalue weighted by atomic mass is 15.2. The average Bonchev–Trinajstić information content (AvgIpc) is 3.09. The van der Waals surface area contributed by atoms with Gasteiger partial charge in [-0.15, -0.1) is 0 Å². The van der Waals surface area contributed by atoms with Gasteiger partial charge in [0.25, 0.3) is 0 Å². The van der Waals surface area contributed by atoms with Crippen LogP contribution in [0.4, 0.5) is 0 Å². The molecule has 2 aromatic rings. The van der Waals surface area contributed by atoms with E-state index in [1.54, 1.807) is 0 Å². The standard InChI is InChI=1S/C20H26N2/c1-17(18-10-4-2-5-11-18)21-20(16-22-14-8-9-15-22)19-12-6-3-7-13-19/h2-7,10-13,17,20-21H,8-9,14-16H2,1H3/t17-,20-/m0/s1. The maximum absolute atomic E-state index is 3.83. The lowest BCUT2D eigenvalue weighted by atomic mass is 10.0. The Kier molecular flexibility index (Phi) is 5.25. The smallest absolute Gasteiger partial charge is 0.0453 e. The summed E-state index contributed by atoms with van der Waals surface area (Å²) in [6.45, 7) is 5.84. The summed E-state index contributed by atoms with van der Waals surface area (Å²) in [5.41, 5.74) is 2.74. The predicted molar refractivity (Wildman–Crippen MR) is 92.8 cm³/mol. The Labute approximate surface area is 134 Å². The third-order valence-corrected chi connectivity index (χ3v) is 4.59. The Morgan fingerprint density at radius 2 is 1.41 bits per heavy atom. The van der Waals surface area contributed by atoms with E-state index in [1.807, 2.05) is 0 Å². The minimum atomic E-state index is 0.356. The minimum absolute atomic E-state index is 0.356. The second kappa shape index (κ2) is 7.57. The first kappa shape index (κ1) is 15.3. The molecule has 0 aliphatic carbocycles. The van der Waals surface area contributed by atoms with Crippen LogP contribution in [0, 0.1) is 0 Å². The summed E-state index contributed by atoms with van der Waals surface area (Å²) < 4.78 is 0. The monoisotopic (exact) mass is 294 g/mol. The van der Waals surface area contributed by atoms with Gasteiger partial charge in [0, 0.05) is 18.6 Å². The zero-order chi connectivity index (χ0) is 15.2. The van der Waals surface area contributed by atoms with Crippen molar-refractivity contribution < 1.29 is 0 Å². The van der Waals surface area contributed by atoms with Crippen LogP contribution in [0.15, 0.2) is 60.7 Å². The highest BCUT2D eigenvalue weighted by Crippen LogP contribution is 2.22. The van der Waals surface area contributed by atoms with E-state index in [-0.39, 0.29) is 0 Å². The third kappa shape index (κ3) is 3.96. The summed E-state index contributed by atoms with van der Waals surface area (Å²) in [6.07, 6.45) is 2.69. The molecule has 2 aromatic carbocycles. The van der Waals surface area contributed by atoms with Crippen molar-refractivity contribution in [2.75, 3.05) is 19.6 Å². The topological polar surface area (TPSA) is 15.3 Å². The number of benzene rings is 2. The molecule has 0 saturated carbocycles. The van der Waals surface area contributed by atoms with Crippen molar-refractivity contribution in [3.05, 3.63) is 71.8 Å². The van der Waals surface area contributed by atoms with Crippen LogP contribution in [0.2, 0.25) is 0 Å². The normalized spacial score (nSPS) is 18.2. The van der Waals surface area contributed by atoms with E-state index in [0.717, 1.165) is 6.54 Å². The molecule has 1 aliphatic rings. The van der Waals surface area contributed by atoms with Gasteiger partial charge in [-0.05, 0) is 44.0 Å². The van der Waals surface area contributed by atoms with Gasteiger partial charge >= 0.3 is 0 Å². The van der Waals surface area contributed by atoms with E-state index in [4.69, 9.17) is 0 Å². The first-order chi connectivity index (χ1) is 10.8. The molecule has 0 amide bonds. The van der Waals surface area contributed by atoms with Crippen LogP contribution in [0.1, 0.15) is 43.0 Å². The fourth-order valence-electron chi connectivity index (χ4n) is 3.30. The van der Waals surface area contributed by atoms with Crippen LogP contribution >= 0.6 is 0 Å². The SMILES string of the molecule is C[C@H](N[C@@H](CN1CCCC1)c1ccccc1)c1ccccc1. The molecule has 2 atom stereocenters. The highest BCUT2D eigenvalue weighted by molar-refractivity contribution is 5.22. The van der Waals surface area contributed by atoms with Crippen molar-refractivity contribution in [3.63, 3.8) is 0 Å². The molecule has 0 bridgehead atoms. The van der Waals surface area contributed by atoms with Crippen molar-refractivity contribution in [1.82, 2.24) is 10.2 Å². The average molecular weight is 294 g/mol. The Hall–Kier alpha value is -1.64. The summed E-state index contributed by atoms with van der Waals surface area (Å²) in [4.78, 5) is 2.59. The zero-order valence-corrected chi connectivity index (χ0v) is 13.4. The second-order valence-electron chi connectivity index (χ2n) is 6.27. The van der Waals surface area contributed by atoms with Gasteiger partial charge < -0.3 is 10.2 Å². The molecule has 0 radical (unpaired) electrons. The van der Waals surface area contributed by atoms with E-state index in [0.29, 0.717) is 12.1 Å². The number of nitrogens with one attached hydrogen (secondary N) is 1. The number of hydrogen-bond acceptors (Lipinski definition) is 2. The van der Waals surface area contributed by atoms with Gasteiger partial charge in [-0.3, -0.25) is 0 Å². The first-order valence-electron chi connectivity index (χ1n) is 8.41. The summed E-state index contributed by atoms with van der Waals surface area (Å²) in [5, 5.41) is 3.83. The lowest BCUT2D eigenvalue weighted by Crippen LogP contribution is -2.35. The summed E-state index contributed by atoms with van der Waals surface area (Å²) in [7, 11) is 0. The van der Waals surface area contributed by atoms with Crippen molar-refractivity contribution >= 4 is 0 Å². The van der Waals surface area contributed by atoms with Crippen LogP contribution in [-0.2, 0) is 0 Å². The van der Waals surface area contributed by atoms with E-state index in [2.05, 4.69) is 77.8 Å². The Balaban J connectivity index is 1.73. The van der Waals surface area contributed by atoms with E-state index in [1.165, 1.54) is 37.1 Å². The molecule has 1 heterocycles. The van der Waals surface area contributed by atoms with Crippen molar-refractivity contribution in [2.45, 2.75) is 31.8 Å². The quantitative estimate of drug-likeness (QED) is 0.860. The number of likely N-dealkylation sites (tertiary alicyclic amines) is 1. The molecule has 1 N–H and O–H groups in total. The van der Waals surface area contributed by atoms with Crippen molar-refractivity contribution in [3.8, 4) is 0 Å². The zero-order valence-electron chi connectivity index (χ0n) is 13.4. The van der Waals surface area contributed by atoms with Crippen LogP contribution in [-0.4, -0.2) is 24.5 Å². The second-order valence-corrected chi connectivity index (χ2v) is 6.27.